The van der Waals surface area contributed by atoms with Crippen molar-refractivity contribution in [2.45, 2.75) is 25.8 Å². The first-order valence-corrected chi connectivity index (χ1v) is 5.18. The maximum Gasteiger partial charge on any atom is 0.125 e. The minimum Gasteiger partial charge on any atom is -0.361 e. The average Bonchev–Trinajstić information content (AvgIpc) is 2.57. The molecule has 0 spiro atoms. The van der Waals surface area contributed by atoms with Crippen molar-refractivity contribution >= 4 is 10.9 Å². The van der Waals surface area contributed by atoms with Crippen LogP contribution in [0, 0.1) is 5.82 Å². The molecule has 2 aromatic rings. The van der Waals surface area contributed by atoms with Crippen LogP contribution in [0.5, 0.6) is 0 Å². The van der Waals surface area contributed by atoms with Gasteiger partial charge in [0.05, 0.1) is 0 Å². The van der Waals surface area contributed by atoms with Gasteiger partial charge in [0.25, 0.3) is 0 Å². The lowest BCUT2D eigenvalue weighted by molar-refractivity contribution is 0.629. The number of nitrogens with one attached hydrogen (secondary N) is 1. The smallest absolute Gasteiger partial charge is 0.125 e. The van der Waals surface area contributed by atoms with Crippen molar-refractivity contribution in [3.8, 4) is 0 Å². The minimum atomic E-state index is -0.205. The first-order chi connectivity index (χ1) is 7.16. The van der Waals surface area contributed by atoms with Crippen molar-refractivity contribution in [2.75, 3.05) is 0 Å². The second-order valence-electron chi connectivity index (χ2n) is 4.02. The van der Waals surface area contributed by atoms with Gasteiger partial charge in [-0.3, -0.25) is 0 Å². The fourth-order valence-corrected chi connectivity index (χ4v) is 1.75. The maximum atomic E-state index is 12.9. The number of hydrogen-bond donors (Lipinski definition) is 2. The summed E-state index contributed by atoms with van der Waals surface area (Å²) in [5.41, 5.74) is 7.77. The lowest BCUT2D eigenvalue weighted by atomic mass is 10.1. The molecule has 1 atom stereocenters. The molecule has 0 saturated heterocycles. The van der Waals surface area contributed by atoms with Crippen LogP contribution in [0.3, 0.4) is 0 Å². The number of H-pyrrole nitrogens is 1. The van der Waals surface area contributed by atoms with Gasteiger partial charge in [-0.2, -0.15) is 0 Å². The van der Waals surface area contributed by atoms with Crippen LogP contribution in [0.4, 0.5) is 4.39 Å². The summed E-state index contributed by atoms with van der Waals surface area (Å²) < 4.78 is 12.9. The molecule has 1 aromatic carbocycles. The van der Waals surface area contributed by atoms with E-state index in [1.54, 1.807) is 0 Å². The van der Waals surface area contributed by atoms with Crippen LogP contribution in [-0.4, -0.2) is 11.0 Å². The molecule has 3 N–H and O–H groups in total. The van der Waals surface area contributed by atoms with Crippen LogP contribution in [0.15, 0.2) is 24.4 Å². The van der Waals surface area contributed by atoms with Crippen LogP contribution >= 0.6 is 0 Å². The average molecular weight is 206 g/mol. The van der Waals surface area contributed by atoms with E-state index in [0.29, 0.717) is 0 Å². The number of aromatic amines is 1. The molecule has 15 heavy (non-hydrogen) atoms. The predicted molar refractivity (Wildman–Crippen MR) is 60.2 cm³/mol. The van der Waals surface area contributed by atoms with Crippen molar-refractivity contribution < 1.29 is 4.39 Å². The van der Waals surface area contributed by atoms with Crippen molar-refractivity contribution in [1.82, 2.24) is 4.98 Å². The number of rotatable bonds is 3. The number of aryl methyl sites for hydroxylation is 1. The number of fused-ring (bicyclic) bond motifs is 1. The summed E-state index contributed by atoms with van der Waals surface area (Å²) in [4.78, 5) is 3.07. The standard InChI is InChI=1S/C12H15FN2/c1-8(14)2-3-9-7-15-12-6-10(13)4-5-11(9)12/h4-8,15H,2-3,14H2,1H3. The topological polar surface area (TPSA) is 41.8 Å². The SMILES string of the molecule is CC(N)CCc1c[nH]c2cc(F)ccc12. The van der Waals surface area contributed by atoms with E-state index in [2.05, 4.69) is 4.98 Å². The highest BCUT2D eigenvalue weighted by molar-refractivity contribution is 5.83. The Balaban J connectivity index is 2.29. The summed E-state index contributed by atoms with van der Waals surface area (Å²) in [6.45, 7) is 1.99. The largest absolute Gasteiger partial charge is 0.361 e. The number of aromatic nitrogens is 1. The summed E-state index contributed by atoms with van der Waals surface area (Å²) in [7, 11) is 0. The van der Waals surface area contributed by atoms with Crippen LogP contribution in [-0.2, 0) is 6.42 Å². The Hall–Kier alpha value is -1.35. The van der Waals surface area contributed by atoms with Gasteiger partial charge in [-0.05, 0) is 43.5 Å². The van der Waals surface area contributed by atoms with Gasteiger partial charge in [0.15, 0.2) is 0 Å². The summed E-state index contributed by atoms with van der Waals surface area (Å²) in [6.07, 6.45) is 3.82. The number of nitrogens with two attached hydrogens (primary N) is 1. The van der Waals surface area contributed by atoms with Crippen molar-refractivity contribution in [2.24, 2.45) is 5.73 Å². The summed E-state index contributed by atoms with van der Waals surface area (Å²) in [5, 5.41) is 1.09. The van der Waals surface area contributed by atoms with E-state index < -0.39 is 0 Å². The van der Waals surface area contributed by atoms with Gasteiger partial charge in [-0.1, -0.05) is 0 Å². The van der Waals surface area contributed by atoms with Gasteiger partial charge in [0, 0.05) is 23.1 Å². The molecule has 2 rings (SSSR count). The van der Waals surface area contributed by atoms with Crippen LogP contribution in [0.25, 0.3) is 10.9 Å². The van der Waals surface area contributed by atoms with E-state index in [1.807, 2.05) is 19.2 Å². The van der Waals surface area contributed by atoms with E-state index in [1.165, 1.54) is 17.7 Å². The Morgan fingerprint density at radius 3 is 3.00 bits per heavy atom. The van der Waals surface area contributed by atoms with Crippen LogP contribution < -0.4 is 5.73 Å². The Morgan fingerprint density at radius 2 is 2.27 bits per heavy atom. The zero-order valence-electron chi connectivity index (χ0n) is 8.76. The Bertz CT molecular complexity index is 460. The number of hydrogen-bond acceptors (Lipinski definition) is 1. The Labute approximate surface area is 88.3 Å². The molecule has 3 heteroatoms. The van der Waals surface area contributed by atoms with Gasteiger partial charge in [-0.25, -0.2) is 4.39 Å². The highest BCUT2D eigenvalue weighted by atomic mass is 19.1. The monoisotopic (exact) mass is 206 g/mol. The molecule has 0 aliphatic carbocycles. The lowest BCUT2D eigenvalue weighted by Crippen LogP contribution is -2.15. The molecule has 0 bridgehead atoms. The maximum absolute atomic E-state index is 12.9. The Kier molecular flexibility index (Phi) is 2.73. The summed E-state index contributed by atoms with van der Waals surface area (Å²) in [6, 6.07) is 5.03. The minimum absolute atomic E-state index is 0.204. The first kappa shape index (κ1) is 10.2. The predicted octanol–water partition coefficient (Wildman–Crippen LogP) is 2.59. The molecular weight excluding hydrogens is 191 g/mol. The van der Waals surface area contributed by atoms with E-state index in [4.69, 9.17) is 5.73 Å². The lowest BCUT2D eigenvalue weighted by Gasteiger charge is -2.03. The molecule has 0 amide bonds. The third-order valence-corrected chi connectivity index (χ3v) is 2.60. The molecule has 1 aromatic heterocycles. The fourth-order valence-electron chi connectivity index (χ4n) is 1.75. The van der Waals surface area contributed by atoms with E-state index in [0.717, 1.165) is 23.7 Å². The van der Waals surface area contributed by atoms with Gasteiger partial charge in [0.1, 0.15) is 5.82 Å². The molecule has 0 fully saturated rings. The summed E-state index contributed by atoms with van der Waals surface area (Å²) >= 11 is 0. The van der Waals surface area contributed by atoms with Gasteiger partial charge in [-0.15, -0.1) is 0 Å². The van der Waals surface area contributed by atoms with E-state index >= 15 is 0 Å². The molecule has 2 nitrogen and oxygen atoms in total. The number of halogens is 1. The van der Waals surface area contributed by atoms with Crippen LogP contribution in [0.2, 0.25) is 0 Å². The third-order valence-electron chi connectivity index (χ3n) is 2.60. The van der Waals surface area contributed by atoms with Crippen molar-refractivity contribution in [3.05, 3.63) is 35.8 Å². The molecule has 0 saturated carbocycles. The molecule has 80 valence electrons. The normalized spacial score (nSPS) is 13.3. The van der Waals surface area contributed by atoms with Gasteiger partial charge in [0.2, 0.25) is 0 Å². The highest BCUT2D eigenvalue weighted by Gasteiger charge is 2.05. The van der Waals surface area contributed by atoms with E-state index in [9.17, 15) is 4.39 Å². The molecular formula is C12H15FN2. The van der Waals surface area contributed by atoms with Crippen molar-refractivity contribution in [1.29, 1.82) is 0 Å². The summed E-state index contributed by atoms with van der Waals surface area (Å²) in [5.74, 6) is -0.205. The van der Waals surface area contributed by atoms with Gasteiger partial charge < -0.3 is 10.7 Å². The van der Waals surface area contributed by atoms with Crippen molar-refractivity contribution in [3.63, 3.8) is 0 Å². The second-order valence-corrected chi connectivity index (χ2v) is 4.02. The van der Waals surface area contributed by atoms with E-state index in [-0.39, 0.29) is 11.9 Å². The second kappa shape index (κ2) is 4.03. The molecule has 0 aliphatic rings. The number of benzene rings is 1. The Morgan fingerprint density at radius 1 is 1.47 bits per heavy atom. The molecule has 0 radical (unpaired) electrons. The highest BCUT2D eigenvalue weighted by Crippen LogP contribution is 2.20. The van der Waals surface area contributed by atoms with Crippen LogP contribution in [0.1, 0.15) is 18.9 Å². The third kappa shape index (κ3) is 2.18. The fraction of sp³-hybridized carbons (Fsp3) is 0.333. The molecule has 0 aliphatic heterocycles. The molecule has 1 unspecified atom stereocenters. The molecule has 1 heterocycles. The van der Waals surface area contributed by atoms with Gasteiger partial charge >= 0.3 is 0 Å². The zero-order valence-corrected chi connectivity index (χ0v) is 8.76. The first-order valence-electron chi connectivity index (χ1n) is 5.18. The quantitative estimate of drug-likeness (QED) is 0.796. The zero-order chi connectivity index (χ0) is 10.8.